The molecule has 0 spiro atoms. The van der Waals surface area contributed by atoms with Gasteiger partial charge in [-0.3, -0.25) is 4.79 Å². The number of nitrogens with one attached hydrogen (secondary N) is 1. The molecule has 0 atom stereocenters. The van der Waals surface area contributed by atoms with Gasteiger partial charge in [0.15, 0.2) is 0 Å². The van der Waals surface area contributed by atoms with Crippen LogP contribution in [0.1, 0.15) is 18.1 Å². The van der Waals surface area contributed by atoms with Gasteiger partial charge in [0, 0.05) is 18.7 Å². The molecule has 0 heterocycles. The van der Waals surface area contributed by atoms with Crippen LogP contribution in [-0.2, 0) is 9.59 Å². The Morgan fingerprint density at radius 2 is 2.06 bits per heavy atom. The van der Waals surface area contributed by atoms with Crippen molar-refractivity contribution in [1.29, 1.82) is 0 Å². The molecule has 0 saturated heterocycles. The van der Waals surface area contributed by atoms with Crippen molar-refractivity contribution < 1.29 is 14.7 Å². The summed E-state index contributed by atoms with van der Waals surface area (Å²) in [6.07, 6.45) is 2.58. The van der Waals surface area contributed by atoms with E-state index in [0.29, 0.717) is 0 Å². The lowest BCUT2D eigenvalue weighted by atomic mass is 10.1. The van der Waals surface area contributed by atoms with E-state index in [1.165, 1.54) is 13.0 Å². The van der Waals surface area contributed by atoms with Gasteiger partial charge in [0.1, 0.15) is 0 Å². The van der Waals surface area contributed by atoms with Gasteiger partial charge >= 0.3 is 5.97 Å². The lowest BCUT2D eigenvalue weighted by molar-refractivity contribution is -0.131. The van der Waals surface area contributed by atoms with Crippen LogP contribution in [0.2, 0.25) is 0 Å². The van der Waals surface area contributed by atoms with Crippen LogP contribution < -0.4 is 5.32 Å². The number of hydrogen-bond acceptors (Lipinski definition) is 2. The number of benzene rings is 1. The maximum Gasteiger partial charge on any atom is 0.328 e. The van der Waals surface area contributed by atoms with Crippen molar-refractivity contribution in [3.05, 3.63) is 35.4 Å². The maximum absolute atomic E-state index is 10.9. The van der Waals surface area contributed by atoms with Crippen molar-refractivity contribution in [2.75, 3.05) is 5.32 Å². The van der Waals surface area contributed by atoms with Gasteiger partial charge in [-0.25, -0.2) is 4.79 Å². The summed E-state index contributed by atoms with van der Waals surface area (Å²) >= 11 is 0. The van der Waals surface area contributed by atoms with Gasteiger partial charge in [0.25, 0.3) is 0 Å². The minimum absolute atomic E-state index is 0.128. The molecule has 1 aromatic carbocycles. The number of rotatable bonds is 3. The smallest absolute Gasteiger partial charge is 0.328 e. The largest absolute Gasteiger partial charge is 0.478 e. The number of carbonyl (C=O) groups is 2. The van der Waals surface area contributed by atoms with E-state index in [4.69, 9.17) is 5.11 Å². The average Bonchev–Trinajstić information content (AvgIpc) is 2.18. The monoisotopic (exact) mass is 219 g/mol. The average molecular weight is 219 g/mol. The van der Waals surface area contributed by atoms with Crippen LogP contribution in [0.3, 0.4) is 0 Å². The van der Waals surface area contributed by atoms with Gasteiger partial charge in [-0.05, 0) is 36.3 Å². The van der Waals surface area contributed by atoms with E-state index in [1.807, 2.05) is 13.0 Å². The Bertz CT molecular complexity index is 450. The summed E-state index contributed by atoms with van der Waals surface area (Å²) in [5.41, 5.74) is 2.41. The zero-order valence-corrected chi connectivity index (χ0v) is 9.15. The minimum Gasteiger partial charge on any atom is -0.478 e. The molecule has 0 bridgehead atoms. The van der Waals surface area contributed by atoms with E-state index in [-0.39, 0.29) is 5.91 Å². The maximum atomic E-state index is 10.9. The molecule has 4 heteroatoms. The van der Waals surface area contributed by atoms with E-state index in [0.717, 1.165) is 22.9 Å². The number of amides is 1. The molecule has 0 unspecified atom stereocenters. The van der Waals surface area contributed by atoms with E-state index in [1.54, 1.807) is 12.1 Å². The van der Waals surface area contributed by atoms with Crippen molar-refractivity contribution in [2.24, 2.45) is 0 Å². The molecule has 2 N–H and O–H groups in total. The van der Waals surface area contributed by atoms with Crippen LogP contribution in [-0.4, -0.2) is 17.0 Å². The minimum atomic E-state index is -0.983. The first kappa shape index (κ1) is 12.0. The Kier molecular flexibility index (Phi) is 3.83. The van der Waals surface area contributed by atoms with Crippen molar-refractivity contribution >= 4 is 23.6 Å². The molecular weight excluding hydrogens is 206 g/mol. The third kappa shape index (κ3) is 3.57. The highest BCUT2D eigenvalue weighted by Gasteiger charge is 2.00. The van der Waals surface area contributed by atoms with Gasteiger partial charge in [-0.2, -0.15) is 0 Å². The zero-order valence-electron chi connectivity index (χ0n) is 9.15. The number of aliphatic carboxylic acids is 1. The summed E-state index contributed by atoms with van der Waals surface area (Å²) in [5, 5.41) is 11.2. The molecule has 4 nitrogen and oxygen atoms in total. The molecule has 0 aliphatic rings. The highest BCUT2D eigenvalue weighted by atomic mass is 16.4. The second-order valence-electron chi connectivity index (χ2n) is 3.43. The molecule has 0 saturated carbocycles. The normalized spacial score (nSPS) is 10.4. The molecule has 1 amide bonds. The number of carboxylic acids is 1. The fourth-order valence-electron chi connectivity index (χ4n) is 1.29. The standard InChI is InChI=1S/C12H13NO3/c1-8-7-10(4-6-12(15)16)3-5-11(8)13-9(2)14/h3-7H,1-2H3,(H,13,14)(H,15,16)/b6-4+. The van der Waals surface area contributed by atoms with Crippen molar-refractivity contribution in [3.8, 4) is 0 Å². The highest BCUT2D eigenvalue weighted by Crippen LogP contribution is 2.17. The first-order valence-corrected chi connectivity index (χ1v) is 4.78. The van der Waals surface area contributed by atoms with Crippen LogP contribution in [0.25, 0.3) is 6.08 Å². The number of hydrogen-bond donors (Lipinski definition) is 2. The van der Waals surface area contributed by atoms with Crippen molar-refractivity contribution in [2.45, 2.75) is 13.8 Å². The zero-order chi connectivity index (χ0) is 12.1. The van der Waals surface area contributed by atoms with E-state index < -0.39 is 5.97 Å². The summed E-state index contributed by atoms with van der Waals surface area (Å²) in [6.45, 7) is 3.29. The second-order valence-corrected chi connectivity index (χ2v) is 3.43. The molecule has 0 aromatic heterocycles. The Balaban J connectivity index is 2.90. The molecule has 0 aliphatic carbocycles. The molecule has 0 fully saturated rings. The first-order valence-electron chi connectivity index (χ1n) is 4.78. The lowest BCUT2D eigenvalue weighted by Gasteiger charge is -2.06. The second kappa shape index (κ2) is 5.11. The Labute approximate surface area is 93.6 Å². The molecule has 16 heavy (non-hydrogen) atoms. The van der Waals surface area contributed by atoms with Crippen molar-refractivity contribution in [3.63, 3.8) is 0 Å². The SMILES string of the molecule is CC(=O)Nc1ccc(/C=C/C(=O)O)cc1C. The number of carbonyl (C=O) groups excluding carboxylic acids is 1. The van der Waals surface area contributed by atoms with Crippen LogP contribution in [0, 0.1) is 6.92 Å². The predicted octanol–water partition coefficient (Wildman–Crippen LogP) is 2.05. The van der Waals surface area contributed by atoms with E-state index in [9.17, 15) is 9.59 Å². The fraction of sp³-hybridized carbons (Fsp3) is 0.167. The van der Waals surface area contributed by atoms with E-state index >= 15 is 0 Å². The third-order valence-corrected chi connectivity index (χ3v) is 1.98. The predicted molar refractivity (Wildman–Crippen MR) is 62.2 cm³/mol. The quantitative estimate of drug-likeness (QED) is 0.764. The molecule has 1 aromatic rings. The summed E-state index contributed by atoms with van der Waals surface area (Å²) in [5.74, 6) is -1.11. The lowest BCUT2D eigenvalue weighted by Crippen LogP contribution is -2.06. The fourth-order valence-corrected chi connectivity index (χ4v) is 1.29. The van der Waals surface area contributed by atoms with Crippen LogP contribution in [0.4, 0.5) is 5.69 Å². The number of aryl methyl sites for hydroxylation is 1. The topological polar surface area (TPSA) is 66.4 Å². The molecule has 1 rings (SSSR count). The summed E-state index contributed by atoms with van der Waals surface area (Å²) in [7, 11) is 0. The molecule has 0 aliphatic heterocycles. The van der Waals surface area contributed by atoms with Crippen molar-refractivity contribution in [1.82, 2.24) is 0 Å². The van der Waals surface area contributed by atoms with Crippen LogP contribution in [0.15, 0.2) is 24.3 Å². The van der Waals surface area contributed by atoms with Gasteiger partial charge in [-0.15, -0.1) is 0 Å². The summed E-state index contributed by atoms with van der Waals surface area (Å²) < 4.78 is 0. The summed E-state index contributed by atoms with van der Waals surface area (Å²) in [6, 6.07) is 5.31. The third-order valence-electron chi connectivity index (χ3n) is 1.98. The van der Waals surface area contributed by atoms with Gasteiger partial charge in [0.05, 0.1) is 0 Å². The Hall–Kier alpha value is -2.10. The van der Waals surface area contributed by atoms with E-state index in [2.05, 4.69) is 5.32 Å². The Morgan fingerprint density at radius 1 is 1.38 bits per heavy atom. The van der Waals surface area contributed by atoms with Gasteiger partial charge in [-0.1, -0.05) is 6.07 Å². The van der Waals surface area contributed by atoms with Crippen LogP contribution in [0.5, 0.6) is 0 Å². The molecule has 0 radical (unpaired) electrons. The number of carboxylic acid groups (broad SMARTS) is 1. The number of anilines is 1. The van der Waals surface area contributed by atoms with Crippen LogP contribution >= 0.6 is 0 Å². The van der Waals surface area contributed by atoms with Gasteiger partial charge in [0.2, 0.25) is 5.91 Å². The highest BCUT2D eigenvalue weighted by molar-refractivity contribution is 5.90. The Morgan fingerprint density at radius 3 is 2.56 bits per heavy atom. The summed E-state index contributed by atoms with van der Waals surface area (Å²) in [4.78, 5) is 21.2. The molecular formula is C12H13NO3. The first-order chi connectivity index (χ1) is 7.49. The van der Waals surface area contributed by atoms with Gasteiger partial charge < -0.3 is 10.4 Å². The molecule has 84 valence electrons.